The van der Waals surface area contributed by atoms with Crippen molar-refractivity contribution in [1.82, 2.24) is 29.9 Å². The molecule has 7 heteroatoms. The van der Waals surface area contributed by atoms with Crippen LogP contribution < -0.4 is 5.32 Å². The second kappa shape index (κ2) is 7.39. The van der Waals surface area contributed by atoms with E-state index in [1.807, 2.05) is 30.1 Å². The summed E-state index contributed by atoms with van der Waals surface area (Å²) >= 11 is 0. The van der Waals surface area contributed by atoms with Crippen LogP contribution in [-0.2, 0) is 17.9 Å². The molecular formula is C16H26N6O. The van der Waals surface area contributed by atoms with Crippen molar-refractivity contribution < 1.29 is 4.79 Å². The lowest BCUT2D eigenvalue weighted by molar-refractivity contribution is -0.122. The summed E-state index contributed by atoms with van der Waals surface area (Å²) in [5, 5.41) is 11.6. The van der Waals surface area contributed by atoms with E-state index in [4.69, 9.17) is 0 Å². The minimum Gasteiger partial charge on any atom is -0.346 e. The maximum Gasteiger partial charge on any atom is 0.222 e. The molecule has 0 aliphatic rings. The van der Waals surface area contributed by atoms with E-state index in [0.29, 0.717) is 13.0 Å². The van der Waals surface area contributed by atoms with E-state index >= 15 is 0 Å². The highest BCUT2D eigenvalue weighted by molar-refractivity contribution is 5.76. The molecule has 0 fully saturated rings. The van der Waals surface area contributed by atoms with Crippen LogP contribution >= 0.6 is 0 Å². The predicted molar refractivity (Wildman–Crippen MR) is 87.9 cm³/mol. The molecule has 1 amide bonds. The van der Waals surface area contributed by atoms with Crippen LogP contribution in [0.4, 0.5) is 0 Å². The van der Waals surface area contributed by atoms with Gasteiger partial charge in [0.2, 0.25) is 5.91 Å². The number of hydrogen-bond donors (Lipinski definition) is 1. The fourth-order valence-corrected chi connectivity index (χ4v) is 2.58. The third-order valence-electron chi connectivity index (χ3n) is 4.14. The van der Waals surface area contributed by atoms with E-state index in [1.54, 1.807) is 0 Å². The number of rotatable bonds is 7. The highest BCUT2D eigenvalue weighted by Crippen LogP contribution is 2.12. The van der Waals surface area contributed by atoms with E-state index in [9.17, 15) is 4.79 Å². The SMILES string of the molecule is CCCn1ncnc1C(C)NC(=O)CCn1nc(C)c(C)c1C. The van der Waals surface area contributed by atoms with E-state index in [-0.39, 0.29) is 11.9 Å². The maximum atomic E-state index is 12.2. The Bertz CT molecular complexity index is 672. The number of carbonyl (C=O) groups is 1. The lowest BCUT2D eigenvalue weighted by Crippen LogP contribution is -2.29. The van der Waals surface area contributed by atoms with Gasteiger partial charge in [0, 0.05) is 25.2 Å². The molecule has 0 aliphatic carbocycles. The Morgan fingerprint density at radius 2 is 2.00 bits per heavy atom. The summed E-state index contributed by atoms with van der Waals surface area (Å²) in [5.41, 5.74) is 3.32. The zero-order valence-electron chi connectivity index (χ0n) is 14.6. The average molecular weight is 318 g/mol. The summed E-state index contributed by atoms with van der Waals surface area (Å²) in [6.45, 7) is 11.5. The summed E-state index contributed by atoms with van der Waals surface area (Å²) in [4.78, 5) is 16.4. The van der Waals surface area contributed by atoms with Crippen molar-refractivity contribution in [3.8, 4) is 0 Å². The number of aryl methyl sites for hydroxylation is 3. The molecule has 0 aliphatic heterocycles. The fourth-order valence-electron chi connectivity index (χ4n) is 2.58. The van der Waals surface area contributed by atoms with Crippen molar-refractivity contribution in [2.45, 2.75) is 66.6 Å². The summed E-state index contributed by atoms with van der Waals surface area (Å²) < 4.78 is 3.74. The van der Waals surface area contributed by atoms with Crippen molar-refractivity contribution in [3.63, 3.8) is 0 Å². The fraction of sp³-hybridized carbons (Fsp3) is 0.625. The molecule has 2 heterocycles. The van der Waals surface area contributed by atoms with Crippen LogP contribution in [-0.4, -0.2) is 30.5 Å². The maximum absolute atomic E-state index is 12.2. The van der Waals surface area contributed by atoms with Gasteiger partial charge in [-0.3, -0.25) is 9.48 Å². The molecule has 7 nitrogen and oxygen atoms in total. The molecule has 0 aromatic carbocycles. The molecule has 0 bridgehead atoms. The van der Waals surface area contributed by atoms with Gasteiger partial charge >= 0.3 is 0 Å². The normalized spacial score (nSPS) is 12.4. The van der Waals surface area contributed by atoms with Gasteiger partial charge in [-0.1, -0.05) is 6.92 Å². The average Bonchev–Trinajstić information content (AvgIpc) is 3.06. The van der Waals surface area contributed by atoms with Gasteiger partial charge in [-0.05, 0) is 39.7 Å². The highest BCUT2D eigenvalue weighted by atomic mass is 16.1. The Morgan fingerprint density at radius 3 is 2.61 bits per heavy atom. The van der Waals surface area contributed by atoms with Crippen LogP contribution in [0.5, 0.6) is 0 Å². The quantitative estimate of drug-likeness (QED) is 0.848. The topological polar surface area (TPSA) is 77.6 Å². The number of amides is 1. The van der Waals surface area contributed by atoms with Crippen LogP contribution in [0.3, 0.4) is 0 Å². The van der Waals surface area contributed by atoms with Crippen molar-refractivity contribution in [3.05, 3.63) is 29.1 Å². The lowest BCUT2D eigenvalue weighted by atomic mass is 10.2. The van der Waals surface area contributed by atoms with Gasteiger partial charge in [0.1, 0.15) is 12.2 Å². The Balaban J connectivity index is 1.91. The van der Waals surface area contributed by atoms with Gasteiger partial charge in [-0.25, -0.2) is 9.67 Å². The molecule has 1 atom stereocenters. The molecule has 0 saturated heterocycles. The summed E-state index contributed by atoms with van der Waals surface area (Å²) in [6.07, 6.45) is 2.91. The Hall–Kier alpha value is -2.18. The first-order chi connectivity index (χ1) is 10.9. The first kappa shape index (κ1) is 17.2. The zero-order valence-corrected chi connectivity index (χ0v) is 14.6. The van der Waals surface area contributed by atoms with E-state index in [2.05, 4.69) is 34.3 Å². The Morgan fingerprint density at radius 1 is 1.26 bits per heavy atom. The predicted octanol–water partition coefficient (Wildman–Crippen LogP) is 2.08. The van der Waals surface area contributed by atoms with Gasteiger partial charge in [0.05, 0.1) is 11.7 Å². The molecular weight excluding hydrogens is 292 g/mol. The smallest absolute Gasteiger partial charge is 0.222 e. The van der Waals surface area contributed by atoms with Gasteiger partial charge < -0.3 is 5.32 Å². The second-order valence-corrected chi connectivity index (χ2v) is 5.90. The van der Waals surface area contributed by atoms with Crippen LogP contribution in [0.2, 0.25) is 0 Å². The zero-order chi connectivity index (χ0) is 17.0. The molecule has 23 heavy (non-hydrogen) atoms. The third kappa shape index (κ3) is 3.97. The van der Waals surface area contributed by atoms with Crippen LogP contribution in [0.15, 0.2) is 6.33 Å². The molecule has 2 rings (SSSR count). The van der Waals surface area contributed by atoms with Crippen LogP contribution in [0, 0.1) is 20.8 Å². The monoisotopic (exact) mass is 318 g/mol. The minimum atomic E-state index is -0.154. The number of hydrogen-bond acceptors (Lipinski definition) is 4. The lowest BCUT2D eigenvalue weighted by Gasteiger charge is -2.14. The van der Waals surface area contributed by atoms with Gasteiger partial charge in [0.25, 0.3) is 0 Å². The van der Waals surface area contributed by atoms with Crippen molar-refractivity contribution in [2.24, 2.45) is 0 Å². The molecule has 0 radical (unpaired) electrons. The molecule has 0 spiro atoms. The summed E-state index contributed by atoms with van der Waals surface area (Å²) in [5.74, 6) is 0.788. The number of nitrogens with one attached hydrogen (secondary N) is 1. The molecule has 126 valence electrons. The second-order valence-electron chi connectivity index (χ2n) is 5.90. The first-order valence-corrected chi connectivity index (χ1v) is 8.11. The molecule has 2 aromatic heterocycles. The van der Waals surface area contributed by atoms with E-state index in [0.717, 1.165) is 30.2 Å². The van der Waals surface area contributed by atoms with Crippen molar-refractivity contribution >= 4 is 5.91 Å². The summed E-state index contributed by atoms with van der Waals surface area (Å²) in [7, 11) is 0. The number of carbonyl (C=O) groups excluding carboxylic acids is 1. The summed E-state index contributed by atoms with van der Waals surface area (Å²) in [6, 6.07) is -0.154. The molecule has 1 N–H and O–H groups in total. The standard InChI is InChI=1S/C16H26N6O/c1-6-8-22-16(17-10-18-22)13(4)19-15(23)7-9-21-14(5)11(2)12(3)20-21/h10,13H,6-9H2,1-5H3,(H,19,23). The number of nitrogens with zero attached hydrogens (tertiary/aromatic N) is 5. The Labute approximate surface area is 137 Å². The van der Waals surface area contributed by atoms with Gasteiger partial charge in [-0.15, -0.1) is 0 Å². The van der Waals surface area contributed by atoms with E-state index < -0.39 is 0 Å². The number of aromatic nitrogens is 5. The minimum absolute atomic E-state index is 0.00578. The van der Waals surface area contributed by atoms with Crippen LogP contribution in [0.25, 0.3) is 0 Å². The Kier molecular flexibility index (Phi) is 5.52. The molecule has 1 unspecified atom stereocenters. The molecule has 2 aromatic rings. The van der Waals surface area contributed by atoms with Crippen molar-refractivity contribution in [2.75, 3.05) is 0 Å². The van der Waals surface area contributed by atoms with Crippen molar-refractivity contribution in [1.29, 1.82) is 0 Å². The van der Waals surface area contributed by atoms with Gasteiger partial charge in [-0.2, -0.15) is 10.2 Å². The van der Waals surface area contributed by atoms with E-state index in [1.165, 1.54) is 11.9 Å². The molecule has 0 saturated carbocycles. The first-order valence-electron chi connectivity index (χ1n) is 8.11. The van der Waals surface area contributed by atoms with Crippen LogP contribution in [0.1, 0.15) is 55.5 Å². The largest absolute Gasteiger partial charge is 0.346 e. The third-order valence-corrected chi connectivity index (χ3v) is 4.14. The van der Waals surface area contributed by atoms with Gasteiger partial charge in [0.15, 0.2) is 0 Å². The highest BCUT2D eigenvalue weighted by Gasteiger charge is 2.16.